The molecule has 0 aliphatic rings. The number of hydrogen-bond donors (Lipinski definition) is 1. The summed E-state index contributed by atoms with van der Waals surface area (Å²) in [4.78, 5) is 9.10. The summed E-state index contributed by atoms with van der Waals surface area (Å²) >= 11 is 0. The fraction of sp³-hybridized carbons (Fsp3) is 0.0909. The zero-order chi connectivity index (χ0) is 17.9. The highest BCUT2D eigenvalue weighted by molar-refractivity contribution is 5.87. The number of aryl methyl sites for hydroxylation is 1. The third kappa shape index (κ3) is 3.49. The first-order chi connectivity index (χ1) is 12.7. The van der Waals surface area contributed by atoms with Crippen molar-refractivity contribution >= 4 is 10.8 Å². The Balaban J connectivity index is 1.64. The summed E-state index contributed by atoms with van der Waals surface area (Å²) in [6.07, 6.45) is 0. The van der Waals surface area contributed by atoms with Crippen LogP contribution in [0.5, 0.6) is 11.6 Å². The van der Waals surface area contributed by atoms with E-state index in [-0.39, 0.29) is 5.75 Å². The summed E-state index contributed by atoms with van der Waals surface area (Å²) in [6.45, 7) is 2.40. The number of phenolic OH excluding ortho intramolecular Hbond substituents is 1. The number of nitrogens with zero attached hydrogens (tertiary/aromatic N) is 2. The molecule has 0 saturated heterocycles. The number of aromatic hydroxyl groups is 1. The highest BCUT2D eigenvalue weighted by Crippen LogP contribution is 2.26. The van der Waals surface area contributed by atoms with Crippen molar-refractivity contribution in [3.05, 3.63) is 84.1 Å². The average molecular weight is 342 g/mol. The topological polar surface area (TPSA) is 55.2 Å². The van der Waals surface area contributed by atoms with Crippen LogP contribution in [-0.4, -0.2) is 15.1 Å². The third-order valence-electron chi connectivity index (χ3n) is 4.14. The Morgan fingerprint density at radius 1 is 0.846 bits per heavy atom. The average Bonchev–Trinajstić information content (AvgIpc) is 2.66. The van der Waals surface area contributed by atoms with E-state index in [4.69, 9.17) is 4.74 Å². The van der Waals surface area contributed by atoms with Crippen LogP contribution in [0.4, 0.5) is 0 Å². The van der Waals surface area contributed by atoms with E-state index >= 15 is 0 Å². The van der Waals surface area contributed by atoms with Crippen LogP contribution < -0.4 is 4.74 Å². The van der Waals surface area contributed by atoms with Gasteiger partial charge in [-0.1, -0.05) is 48.5 Å². The van der Waals surface area contributed by atoms with E-state index in [0.29, 0.717) is 18.3 Å². The minimum Gasteiger partial charge on any atom is -0.508 e. The van der Waals surface area contributed by atoms with E-state index in [9.17, 15) is 5.11 Å². The Bertz CT molecular complexity index is 1060. The molecule has 1 heterocycles. The quantitative estimate of drug-likeness (QED) is 0.574. The standard InChI is InChI=1S/C22H18N2O2/c1-15-11-21(26-14-16-5-3-2-4-6-16)24-22(23-15)19-8-7-18-13-20(25)10-9-17(18)12-19/h2-13,25H,14H2,1H3. The lowest BCUT2D eigenvalue weighted by Gasteiger charge is -2.09. The van der Waals surface area contributed by atoms with Crippen LogP contribution in [-0.2, 0) is 6.61 Å². The Morgan fingerprint density at radius 2 is 1.62 bits per heavy atom. The predicted octanol–water partition coefficient (Wildman–Crippen LogP) is 4.89. The first kappa shape index (κ1) is 16.1. The smallest absolute Gasteiger partial charge is 0.217 e. The van der Waals surface area contributed by atoms with Crippen molar-refractivity contribution in [3.8, 4) is 23.0 Å². The van der Waals surface area contributed by atoms with Crippen molar-refractivity contribution < 1.29 is 9.84 Å². The molecule has 4 rings (SSSR count). The molecule has 0 bridgehead atoms. The van der Waals surface area contributed by atoms with Crippen molar-refractivity contribution in [1.29, 1.82) is 0 Å². The molecule has 128 valence electrons. The SMILES string of the molecule is Cc1cc(OCc2ccccc2)nc(-c2ccc3cc(O)ccc3c2)n1. The number of aromatic nitrogens is 2. The Hall–Kier alpha value is -3.40. The fourth-order valence-electron chi connectivity index (χ4n) is 2.85. The van der Waals surface area contributed by atoms with Gasteiger partial charge < -0.3 is 9.84 Å². The molecule has 0 saturated carbocycles. The number of phenols is 1. The second-order valence-corrected chi connectivity index (χ2v) is 6.19. The van der Waals surface area contributed by atoms with Crippen molar-refractivity contribution in [2.45, 2.75) is 13.5 Å². The molecule has 0 spiro atoms. The summed E-state index contributed by atoms with van der Waals surface area (Å²) in [5.74, 6) is 1.44. The van der Waals surface area contributed by atoms with Crippen molar-refractivity contribution in [3.63, 3.8) is 0 Å². The zero-order valence-corrected chi connectivity index (χ0v) is 14.4. The molecule has 1 N–H and O–H groups in total. The largest absolute Gasteiger partial charge is 0.508 e. The number of fused-ring (bicyclic) bond motifs is 1. The molecule has 3 aromatic carbocycles. The van der Waals surface area contributed by atoms with E-state index in [1.165, 1.54) is 0 Å². The first-order valence-corrected chi connectivity index (χ1v) is 8.43. The van der Waals surface area contributed by atoms with Crippen LogP contribution in [0.3, 0.4) is 0 Å². The van der Waals surface area contributed by atoms with Gasteiger partial charge in [0, 0.05) is 17.3 Å². The summed E-state index contributed by atoms with van der Waals surface area (Å²) in [5, 5.41) is 11.6. The van der Waals surface area contributed by atoms with Crippen molar-refractivity contribution in [1.82, 2.24) is 9.97 Å². The van der Waals surface area contributed by atoms with Crippen LogP contribution in [0, 0.1) is 6.92 Å². The third-order valence-corrected chi connectivity index (χ3v) is 4.14. The number of benzene rings is 3. The Kier molecular flexibility index (Phi) is 4.23. The van der Waals surface area contributed by atoms with E-state index in [2.05, 4.69) is 9.97 Å². The monoisotopic (exact) mass is 342 g/mol. The zero-order valence-electron chi connectivity index (χ0n) is 14.4. The molecule has 0 fully saturated rings. The van der Waals surface area contributed by atoms with Crippen molar-refractivity contribution in [2.24, 2.45) is 0 Å². The van der Waals surface area contributed by atoms with Gasteiger partial charge in [-0.25, -0.2) is 4.98 Å². The van der Waals surface area contributed by atoms with Gasteiger partial charge in [0.05, 0.1) is 0 Å². The van der Waals surface area contributed by atoms with Gasteiger partial charge in [-0.2, -0.15) is 4.98 Å². The molecule has 26 heavy (non-hydrogen) atoms. The van der Waals surface area contributed by atoms with Crippen LogP contribution in [0.15, 0.2) is 72.8 Å². The van der Waals surface area contributed by atoms with Crippen LogP contribution in [0.25, 0.3) is 22.2 Å². The van der Waals surface area contributed by atoms with Gasteiger partial charge in [-0.05, 0) is 41.5 Å². The highest BCUT2D eigenvalue weighted by atomic mass is 16.5. The maximum Gasteiger partial charge on any atom is 0.217 e. The minimum absolute atomic E-state index is 0.258. The molecule has 0 atom stereocenters. The molecular formula is C22H18N2O2. The molecule has 1 aromatic heterocycles. The summed E-state index contributed by atoms with van der Waals surface area (Å²) in [5.41, 5.74) is 2.86. The van der Waals surface area contributed by atoms with Gasteiger partial charge in [0.25, 0.3) is 0 Å². The summed E-state index contributed by atoms with van der Waals surface area (Å²) in [6, 6.07) is 23.1. The van der Waals surface area contributed by atoms with Gasteiger partial charge in [-0.3, -0.25) is 0 Å². The molecule has 0 unspecified atom stereocenters. The number of hydrogen-bond acceptors (Lipinski definition) is 4. The lowest BCUT2D eigenvalue weighted by Crippen LogP contribution is -2.00. The summed E-state index contributed by atoms with van der Waals surface area (Å²) < 4.78 is 5.85. The van der Waals surface area contributed by atoms with Gasteiger partial charge in [0.15, 0.2) is 5.82 Å². The van der Waals surface area contributed by atoms with Crippen LogP contribution in [0.2, 0.25) is 0 Å². The maximum atomic E-state index is 9.60. The molecule has 4 nitrogen and oxygen atoms in total. The number of rotatable bonds is 4. The Morgan fingerprint density at radius 3 is 2.46 bits per heavy atom. The molecule has 4 heteroatoms. The minimum atomic E-state index is 0.258. The second-order valence-electron chi connectivity index (χ2n) is 6.19. The van der Waals surface area contributed by atoms with Gasteiger partial charge in [0.1, 0.15) is 12.4 Å². The lowest BCUT2D eigenvalue weighted by molar-refractivity contribution is 0.293. The maximum absolute atomic E-state index is 9.60. The Labute approximate surface area is 151 Å². The second kappa shape index (κ2) is 6.84. The van der Waals surface area contributed by atoms with Gasteiger partial charge in [0.2, 0.25) is 5.88 Å². The van der Waals surface area contributed by atoms with Crippen LogP contribution in [0.1, 0.15) is 11.3 Å². The molecule has 4 aromatic rings. The van der Waals surface area contributed by atoms with Crippen molar-refractivity contribution in [2.75, 3.05) is 0 Å². The molecule has 0 radical (unpaired) electrons. The van der Waals surface area contributed by atoms with Crippen LogP contribution >= 0.6 is 0 Å². The normalized spacial score (nSPS) is 10.8. The van der Waals surface area contributed by atoms with E-state index in [1.54, 1.807) is 12.1 Å². The van der Waals surface area contributed by atoms with Gasteiger partial charge in [-0.15, -0.1) is 0 Å². The molecule has 0 aliphatic heterocycles. The first-order valence-electron chi connectivity index (χ1n) is 8.43. The van der Waals surface area contributed by atoms with E-state index in [1.807, 2.05) is 67.6 Å². The molecule has 0 aliphatic carbocycles. The lowest BCUT2D eigenvalue weighted by atomic mass is 10.1. The number of ether oxygens (including phenoxy) is 1. The van der Waals surface area contributed by atoms with E-state index in [0.717, 1.165) is 27.6 Å². The predicted molar refractivity (Wildman–Crippen MR) is 102 cm³/mol. The van der Waals surface area contributed by atoms with Gasteiger partial charge >= 0.3 is 0 Å². The molecular weight excluding hydrogens is 324 g/mol. The fourth-order valence-corrected chi connectivity index (χ4v) is 2.85. The van der Waals surface area contributed by atoms with E-state index < -0.39 is 0 Å². The summed E-state index contributed by atoms with van der Waals surface area (Å²) in [7, 11) is 0. The highest BCUT2D eigenvalue weighted by Gasteiger charge is 2.08. The molecule has 0 amide bonds.